The standard InChI is InChI=1S/C12H15NO/c1-8(2)13-11-6-9(3)4-5-10(11)7-12(13)14/h4-6,8H,7H2,1-3H3. The number of carbonyl (C=O) groups is 1. The van der Waals surface area contributed by atoms with Crippen LogP contribution < -0.4 is 4.90 Å². The van der Waals surface area contributed by atoms with Crippen molar-refractivity contribution in [3.05, 3.63) is 29.3 Å². The Morgan fingerprint density at radius 1 is 1.36 bits per heavy atom. The van der Waals surface area contributed by atoms with Gasteiger partial charge in [-0.05, 0) is 38.0 Å². The lowest BCUT2D eigenvalue weighted by molar-refractivity contribution is -0.117. The van der Waals surface area contributed by atoms with Gasteiger partial charge in [-0.2, -0.15) is 0 Å². The predicted octanol–water partition coefficient (Wildman–Crippen LogP) is 2.29. The Kier molecular flexibility index (Phi) is 2.06. The lowest BCUT2D eigenvalue weighted by atomic mass is 10.1. The minimum absolute atomic E-state index is 0.223. The van der Waals surface area contributed by atoms with Crippen molar-refractivity contribution in [3.8, 4) is 0 Å². The van der Waals surface area contributed by atoms with Crippen molar-refractivity contribution in [1.29, 1.82) is 0 Å². The Balaban J connectivity index is 2.50. The summed E-state index contributed by atoms with van der Waals surface area (Å²) in [5, 5.41) is 0. The number of nitrogens with zero attached hydrogens (tertiary/aromatic N) is 1. The third kappa shape index (κ3) is 1.31. The fraction of sp³-hybridized carbons (Fsp3) is 0.417. The normalized spacial score (nSPS) is 15.1. The molecule has 0 aliphatic carbocycles. The first-order valence-corrected chi connectivity index (χ1v) is 5.01. The predicted molar refractivity (Wildman–Crippen MR) is 57.5 cm³/mol. The molecule has 0 radical (unpaired) electrons. The summed E-state index contributed by atoms with van der Waals surface area (Å²) in [6, 6.07) is 6.48. The maximum Gasteiger partial charge on any atom is 0.231 e. The van der Waals surface area contributed by atoms with Crippen molar-refractivity contribution >= 4 is 11.6 Å². The molecule has 0 saturated carbocycles. The molecule has 0 spiro atoms. The van der Waals surface area contributed by atoms with Crippen molar-refractivity contribution in [2.24, 2.45) is 0 Å². The third-order valence-corrected chi connectivity index (χ3v) is 2.63. The number of rotatable bonds is 1. The fourth-order valence-corrected chi connectivity index (χ4v) is 2.00. The van der Waals surface area contributed by atoms with Gasteiger partial charge in [0.05, 0.1) is 6.42 Å². The number of carbonyl (C=O) groups excluding carboxylic acids is 1. The van der Waals surface area contributed by atoms with Crippen molar-refractivity contribution in [3.63, 3.8) is 0 Å². The molecule has 1 aromatic rings. The van der Waals surface area contributed by atoms with Crippen LogP contribution in [0.15, 0.2) is 18.2 Å². The molecular formula is C12H15NO. The summed E-state index contributed by atoms with van der Waals surface area (Å²) in [6.45, 7) is 6.16. The summed E-state index contributed by atoms with van der Waals surface area (Å²) in [7, 11) is 0. The number of anilines is 1. The highest BCUT2D eigenvalue weighted by Gasteiger charge is 2.28. The van der Waals surface area contributed by atoms with Gasteiger partial charge in [-0.15, -0.1) is 0 Å². The molecule has 1 aromatic carbocycles. The van der Waals surface area contributed by atoms with E-state index in [1.54, 1.807) is 0 Å². The van der Waals surface area contributed by atoms with Crippen LogP contribution in [-0.2, 0) is 11.2 Å². The number of fused-ring (bicyclic) bond motifs is 1. The Morgan fingerprint density at radius 3 is 2.71 bits per heavy atom. The maximum atomic E-state index is 11.7. The van der Waals surface area contributed by atoms with E-state index in [2.05, 4.69) is 39.0 Å². The second-order valence-electron chi connectivity index (χ2n) is 4.17. The van der Waals surface area contributed by atoms with Gasteiger partial charge in [-0.3, -0.25) is 4.79 Å². The molecule has 0 N–H and O–H groups in total. The molecule has 14 heavy (non-hydrogen) atoms. The molecule has 0 saturated heterocycles. The Bertz CT molecular complexity index is 382. The Morgan fingerprint density at radius 2 is 2.07 bits per heavy atom. The van der Waals surface area contributed by atoms with Gasteiger partial charge in [0.25, 0.3) is 0 Å². The first kappa shape index (κ1) is 9.25. The molecule has 74 valence electrons. The van der Waals surface area contributed by atoms with E-state index in [1.807, 2.05) is 4.90 Å². The number of benzene rings is 1. The van der Waals surface area contributed by atoms with Crippen LogP contribution in [0, 0.1) is 6.92 Å². The van der Waals surface area contributed by atoms with Crippen LogP contribution >= 0.6 is 0 Å². The largest absolute Gasteiger partial charge is 0.309 e. The van der Waals surface area contributed by atoms with Gasteiger partial charge in [-0.1, -0.05) is 12.1 Å². The zero-order chi connectivity index (χ0) is 10.3. The highest BCUT2D eigenvalue weighted by Crippen LogP contribution is 2.31. The summed E-state index contributed by atoms with van der Waals surface area (Å²) in [5.74, 6) is 0.223. The van der Waals surface area contributed by atoms with Crippen LogP contribution in [0.25, 0.3) is 0 Å². The van der Waals surface area contributed by atoms with Crippen molar-refractivity contribution in [2.75, 3.05) is 4.90 Å². The number of amides is 1. The summed E-state index contributed by atoms with van der Waals surface area (Å²) in [6.07, 6.45) is 0.563. The van der Waals surface area contributed by atoms with Crippen LogP contribution in [-0.4, -0.2) is 11.9 Å². The van der Waals surface area contributed by atoms with E-state index in [0.29, 0.717) is 6.42 Å². The molecule has 2 rings (SSSR count). The fourth-order valence-electron chi connectivity index (χ4n) is 2.00. The van der Waals surface area contributed by atoms with Crippen LogP contribution in [0.4, 0.5) is 5.69 Å². The van der Waals surface area contributed by atoms with E-state index in [-0.39, 0.29) is 11.9 Å². The minimum atomic E-state index is 0.223. The summed E-state index contributed by atoms with van der Waals surface area (Å²) in [4.78, 5) is 13.6. The zero-order valence-electron chi connectivity index (χ0n) is 8.87. The first-order chi connectivity index (χ1) is 6.59. The number of aryl methyl sites for hydroxylation is 1. The second-order valence-corrected chi connectivity index (χ2v) is 4.17. The molecule has 0 unspecified atom stereocenters. The molecule has 0 aromatic heterocycles. The minimum Gasteiger partial charge on any atom is -0.309 e. The molecular weight excluding hydrogens is 174 g/mol. The highest BCUT2D eigenvalue weighted by atomic mass is 16.2. The molecule has 2 heteroatoms. The second kappa shape index (κ2) is 3.12. The first-order valence-electron chi connectivity index (χ1n) is 5.01. The van der Waals surface area contributed by atoms with Gasteiger partial charge >= 0.3 is 0 Å². The monoisotopic (exact) mass is 189 g/mol. The summed E-state index contributed by atoms with van der Waals surface area (Å²) in [5.41, 5.74) is 3.48. The molecule has 0 bridgehead atoms. The van der Waals surface area contributed by atoms with Crippen molar-refractivity contribution in [2.45, 2.75) is 33.2 Å². The van der Waals surface area contributed by atoms with Gasteiger partial charge in [-0.25, -0.2) is 0 Å². The number of hydrogen-bond acceptors (Lipinski definition) is 1. The Labute approximate surface area is 84.5 Å². The van der Waals surface area contributed by atoms with E-state index < -0.39 is 0 Å². The maximum absolute atomic E-state index is 11.7. The van der Waals surface area contributed by atoms with Crippen LogP contribution in [0.1, 0.15) is 25.0 Å². The molecule has 0 atom stereocenters. The van der Waals surface area contributed by atoms with E-state index in [9.17, 15) is 4.79 Å². The SMILES string of the molecule is Cc1ccc2c(c1)N(C(C)C)C(=O)C2. The van der Waals surface area contributed by atoms with E-state index in [0.717, 1.165) is 11.3 Å². The molecule has 0 fully saturated rings. The molecule has 1 amide bonds. The van der Waals surface area contributed by atoms with Gasteiger partial charge < -0.3 is 4.90 Å². The summed E-state index contributed by atoms with van der Waals surface area (Å²) < 4.78 is 0. The Hall–Kier alpha value is -1.31. The zero-order valence-corrected chi connectivity index (χ0v) is 8.87. The quantitative estimate of drug-likeness (QED) is 0.663. The van der Waals surface area contributed by atoms with Crippen LogP contribution in [0.3, 0.4) is 0 Å². The number of hydrogen-bond donors (Lipinski definition) is 0. The molecule has 1 aliphatic rings. The lowest BCUT2D eigenvalue weighted by Crippen LogP contribution is -2.33. The third-order valence-electron chi connectivity index (χ3n) is 2.63. The van der Waals surface area contributed by atoms with Crippen LogP contribution in [0.5, 0.6) is 0 Å². The summed E-state index contributed by atoms with van der Waals surface area (Å²) >= 11 is 0. The smallest absolute Gasteiger partial charge is 0.231 e. The molecule has 1 heterocycles. The van der Waals surface area contributed by atoms with Crippen molar-refractivity contribution < 1.29 is 4.79 Å². The topological polar surface area (TPSA) is 20.3 Å². The highest BCUT2D eigenvalue weighted by molar-refractivity contribution is 6.01. The van der Waals surface area contributed by atoms with Gasteiger partial charge in [0.1, 0.15) is 0 Å². The van der Waals surface area contributed by atoms with Crippen LogP contribution in [0.2, 0.25) is 0 Å². The molecule has 2 nitrogen and oxygen atoms in total. The van der Waals surface area contributed by atoms with Gasteiger partial charge in [0.2, 0.25) is 5.91 Å². The van der Waals surface area contributed by atoms with E-state index >= 15 is 0 Å². The van der Waals surface area contributed by atoms with Gasteiger partial charge in [0, 0.05) is 11.7 Å². The van der Waals surface area contributed by atoms with Gasteiger partial charge in [0.15, 0.2) is 0 Å². The lowest BCUT2D eigenvalue weighted by Gasteiger charge is -2.22. The van der Waals surface area contributed by atoms with E-state index in [1.165, 1.54) is 5.56 Å². The van der Waals surface area contributed by atoms with Crippen molar-refractivity contribution in [1.82, 2.24) is 0 Å². The molecule has 1 aliphatic heterocycles. The average molecular weight is 189 g/mol. The average Bonchev–Trinajstić information content (AvgIpc) is 2.40. The van der Waals surface area contributed by atoms with E-state index in [4.69, 9.17) is 0 Å².